The third-order valence-corrected chi connectivity index (χ3v) is 3.87. The van der Waals surface area contributed by atoms with E-state index in [9.17, 15) is 0 Å². The van der Waals surface area contributed by atoms with Gasteiger partial charge in [-0.2, -0.15) is 0 Å². The summed E-state index contributed by atoms with van der Waals surface area (Å²) in [7, 11) is 2.00. The van der Waals surface area contributed by atoms with Crippen molar-refractivity contribution < 1.29 is 4.42 Å². The van der Waals surface area contributed by atoms with Crippen molar-refractivity contribution in [1.29, 1.82) is 0 Å². The summed E-state index contributed by atoms with van der Waals surface area (Å²) in [4.78, 5) is 4.32. The van der Waals surface area contributed by atoms with Crippen LogP contribution in [-0.2, 0) is 0 Å². The molecule has 0 bridgehead atoms. The Balaban J connectivity index is 1.91. The summed E-state index contributed by atoms with van der Waals surface area (Å²) in [5, 5.41) is 3.39. The smallest absolute Gasteiger partial charge is 0.192 e. The monoisotopic (exact) mass is 245 g/mol. The van der Waals surface area contributed by atoms with Gasteiger partial charge < -0.3 is 15.5 Å². The van der Waals surface area contributed by atoms with Crippen LogP contribution in [0, 0.1) is 12.8 Å². The molecule has 3 rings (SSSR count). The van der Waals surface area contributed by atoms with E-state index < -0.39 is 0 Å². The SMILES string of the molecule is CNC(c1ccc2nc(C)oc2c1)C1CC(N)C1. The number of oxazole rings is 1. The molecule has 1 aliphatic rings. The molecule has 0 amide bonds. The fourth-order valence-corrected chi connectivity index (χ4v) is 2.91. The van der Waals surface area contributed by atoms with E-state index >= 15 is 0 Å². The lowest BCUT2D eigenvalue weighted by atomic mass is 9.74. The Hall–Kier alpha value is -1.39. The summed E-state index contributed by atoms with van der Waals surface area (Å²) in [6.07, 6.45) is 2.19. The van der Waals surface area contributed by atoms with E-state index in [1.807, 2.05) is 20.0 Å². The second-order valence-electron chi connectivity index (χ2n) is 5.22. The quantitative estimate of drug-likeness (QED) is 0.869. The summed E-state index contributed by atoms with van der Waals surface area (Å²) in [5.41, 5.74) is 8.94. The minimum Gasteiger partial charge on any atom is -0.441 e. The number of nitrogens with one attached hydrogen (secondary N) is 1. The van der Waals surface area contributed by atoms with Gasteiger partial charge in [0.05, 0.1) is 0 Å². The predicted octanol–water partition coefficient (Wildman–Crippen LogP) is 2.13. The van der Waals surface area contributed by atoms with Crippen molar-refractivity contribution >= 4 is 11.1 Å². The van der Waals surface area contributed by atoms with Gasteiger partial charge in [-0.25, -0.2) is 4.98 Å². The number of hydrogen-bond donors (Lipinski definition) is 2. The van der Waals surface area contributed by atoms with Gasteiger partial charge in [0.15, 0.2) is 11.5 Å². The highest BCUT2D eigenvalue weighted by Crippen LogP contribution is 2.37. The molecule has 1 saturated carbocycles. The molecule has 1 fully saturated rings. The zero-order valence-electron chi connectivity index (χ0n) is 10.8. The van der Waals surface area contributed by atoms with Crippen molar-refractivity contribution in [2.75, 3.05) is 7.05 Å². The first-order valence-electron chi connectivity index (χ1n) is 6.47. The molecule has 0 spiro atoms. The number of fused-ring (bicyclic) bond motifs is 1. The fraction of sp³-hybridized carbons (Fsp3) is 0.500. The van der Waals surface area contributed by atoms with Gasteiger partial charge >= 0.3 is 0 Å². The predicted molar refractivity (Wildman–Crippen MR) is 71.2 cm³/mol. The highest BCUT2D eigenvalue weighted by molar-refractivity contribution is 5.73. The van der Waals surface area contributed by atoms with Crippen molar-refractivity contribution in [2.45, 2.75) is 31.8 Å². The van der Waals surface area contributed by atoms with Crippen LogP contribution < -0.4 is 11.1 Å². The normalized spacial score (nSPS) is 25.1. The van der Waals surface area contributed by atoms with Crippen molar-refractivity contribution in [3.8, 4) is 0 Å². The Bertz CT molecular complexity index is 557. The molecular formula is C14H19N3O. The third-order valence-electron chi connectivity index (χ3n) is 3.87. The molecule has 4 heteroatoms. The summed E-state index contributed by atoms with van der Waals surface area (Å²) in [6.45, 7) is 1.88. The summed E-state index contributed by atoms with van der Waals surface area (Å²) in [5.74, 6) is 1.35. The molecule has 18 heavy (non-hydrogen) atoms. The number of benzene rings is 1. The number of nitrogens with zero attached hydrogens (tertiary/aromatic N) is 1. The number of aromatic nitrogens is 1. The number of hydrogen-bond acceptors (Lipinski definition) is 4. The van der Waals surface area contributed by atoms with Gasteiger partial charge in [0.1, 0.15) is 5.52 Å². The first-order chi connectivity index (χ1) is 8.67. The van der Waals surface area contributed by atoms with Gasteiger partial charge in [0.2, 0.25) is 0 Å². The summed E-state index contributed by atoms with van der Waals surface area (Å²) >= 11 is 0. The lowest BCUT2D eigenvalue weighted by Gasteiger charge is -2.38. The highest BCUT2D eigenvalue weighted by atomic mass is 16.3. The zero-order valence-corrected chi connectivity index (χ0v) is 10.8. The van der Waals surface area contributed by atoms with E-state index in [1.165, 1.54) is 5.56 Å². The van der Waals surface area contributed by atoms with E-state index in [1.54, 1.807) is 0 Å². The average molecular weight is 245 g/mol. The maximum Gasteiger partial charge on any atom is 0.192 e. The molecule has 3 N–H and O–H groups in total. The molecule has 1 atom stereocenters. The van der Waals surface area contributed by atoms with E-state index in [0.29, 0.717) is 23.9 Å². The van der Waals surface area contributed by atoms with Crippen molar-refractivity contribution in [2.24, 2.45) is 11.7 Å². The minimum absolute atomic E-state index is 0.361. The van der Waals surface area contributed by atoms with Crippen LogP contribution >= 0.6 is 0 Å². The molecule has 1 aliphatic carbocycles. The van der Waals surface area contributed by atoms with E-state index in [4.69, 9.17) is 10.2 Å². The van der Waals surface area contributed by atoms with Crippen LogP contribution in [0.5, 0.6) is 0 Å². The van der Waals surface area contributed by atoms with Crippen LogP contribution in [0.15, 0.2) is 22.6 Å². The van der Waals surface area contributed by atoms with Crippen LogP contribution in [0.3, 0.4) is 0 Å². The number of aryl methyl sites for hydroxylation is 1. The Morgan fingerprint density at radius 3 is 2.89 bits per heavy atom. The molecule has 1 unspecified atom stereocenters. The van der Waals surface area contributed by atoms with Gasteiger partial charge in [-0.15, -0.1) is 0 Å². The molecule has 2 aromatic rings. The second-order valence-corrected chi connectivity index (χ2v) is 5.22. The summed E-state index contributed by atoms with van der Waals surface area (Å²) in [6, 6.07) is 7.00. The average Bonchev–Trinajstić information content (AvgIpc) is 2.67. The van der Waals surface area contributed by atoms with Crippen LogP contribution in [0.1, 0.15) is 30.3 Å². The zero-order chi connectivity index (χ0) is 12.7. The first-order valence-corrected chi connectivity index (χ1v) is 6.47. The van der Waals surface area contributed by atoms with Crippen molar-refractivity contribution in [3.63, 3.8) is 0 Å². The molecule has 0 radical (unpaired) electrons. The van der Waals surface area contributed by atoms with Gasteiger partial charge in [0.25, 0.3) is 0 Å². The van der Waals surface area contributed by atoms with Crippen molar-refractivity contribution in [3.05, 3.63) is 29.7 Å². The Kier molecular flexibility index (Phi) is 2.84. The first kappa shape index (κ1) is 11.7. The second kappa shape index (κ2) is 4.37. The number of nitrogens with two attached hydrogens (primary N) is 1. The van der Waals surface area contributed by atoms with E-state index in [2.05, 4.69) is 22.4 Å². The molecular weight excluding hydrogens is 226 g/mol. The van der Waals surface area contributed by atoms with Crippen LogP contribution in [0.25, 0.3) is 11.1 Å². The molecule has 1 heterocycles. The van der Waals surface area contributed by atoms with Gasteiger partial charge in [-0.05, 0) is 43.5 Å². The molecule has 0 saturated heterocycles. The van der Waals surface area contributed by atoms with E-state index in [0.717, 1.165) is 23.9 Å². The van der Waals surface area contributed by atoms with Crippen LogP contribution in [-0.4, -0.2) is 18.1 Å². The molecule has 1 aromatic heterocycles. The van der Waals surface area contributed by atoms with Crippen LogP contribution in [0.2, 0.25) is 0 Å². The minimum atomic E-state index is 0.361. The lowest BCUT2D eigenvalue weighted by Crippen LogP contribution is -2.42. The van der Waals surface area contributed by atoms with E-state index in [-0.39, 0.29) is 0 Å². The van der Waals surface area contributed by atoms with Gasteiger partial charge in [0, 0.05) is 19.0 Å². The third kappa shape index (κ3) is 1.91. The maximum atomic E-state index is 5.88. The fourth-order valence-electron chi connectivity index (χ4n) is 2.91. The standard InChI is InChI=1S/C14H19N3O/c1-8-17-12-4-3-9(7-13(12)18-8)14(16-2)10-5-11(15)6-10/h3-4,7,10-11,14,16H,5-6,15H2,1-2H3. The van der Waals surface area contributed by atoms with Crippen molar-refractivity contribution in [1.82, 2.24) is 10.3 Å². The topological polar surface area (TPSA) is 64.1 Å². The number of rotatable bonds is 3. The lowest BCUT2D eigenvalue weighted by molar-refractivity contribution is 0.204. The Labute approximate surface area is 107 Å². The Morgan fingerprint density at radius 2 is 2.22 bits per heavy atom. The molecule has 4 nitrogen and oxygen atoms in total. The largest absolute Gasteiger partial charge is 0.441 e. The summed E-state index contributed by atoms with van der Waals surface area (Å²) < 4.78 is 5.59. The molecule has 96 valence electrons. The molecule has 1 aromatic carbocycles. The highest BCUT2D eigenvalue weighted by Gasteiger charge is 2.33. The molecule has 0 aliphatic heterocycles. The maximum absolute atomic E-state index is 5.88. The Morgan fingerprint density at radius 1 is 1.44 bits per heavy atom. The van der Waals surface area contributed by atoms with Crippen LogP contribution in [0.4, 0.5) is 0 Å². The van der Waals surface area contributed by atoms with Gasteiger partial charge in [-0.1, -0.05) is 6.07 Å². The van der Waals surface area contributed by atoms with Gasteiger partial charge in [-0.3, -0.25) is 0 Å².